The summed E-state index contributed by atoms with van der Waals surface area (Å²) in [6.45, 7) is 1.58. The smallest absolute Gasteiger partial charge is 0.163 e. The molecular weight excluding hydrogens is 317 g/mol. The molecule has 0 N–H and O–H groups in total. The summed E-state index contributed by atoms with van der Waals surface area (Å²) in [5, 5.41) is 1.45. The van der Waals surface area contributed by atoms with Crippen LogP contribution >= 0.6 is 11.6 Å². The van der Waals surface area contributed by atoms with Crippen LogP contribution in [-0.2, 0) is 6.61 Å². The second-order valence-electron chi connectivity index (χ2n) is 5.09. The van der Waals surface area contributed by atoms with E-state index in [1.807, 2.05) is 18.2 Å². The molecule has 1 aromatic heterocycles. The standard InChI is InChI=1S/C18H13ClFNO2/c1-11(22)15-9-13(20)5-7-17(15)23-10-12-4-6-16(19)14-3-2-8-21-18(12)14/h2-9H,10H2,1H3. The molecule has 2 aromatic carbocycles. The topological polar surface area (TPSA) is 39.2 Å². The van der Waals surface area contributed by atoms with Crippen molar-refractivity contribution in [3.8, 4) is 5.75 Å². The zero-order chi connectivity index (χ0) is 16.4. The first-order valence-corrected chi connectivity index (χ1v) is 7.39. The van der Waals surface area contributed by atoms with Gasteiger partial charge in [0.05, 0.1) is 11.1 Å². The molecule has 116 valence electrons. The van der Waals surface area contributed by atoms with Crippen molar-refractivity contribution in [2.75, 3.05) is 0 Å². The van der Waals surface area contributed by atoms with Crippen molar-refractivity contribution >= 4 is 28.3 Å². The summed E-state index contributed by atoms with van der Waals surface area (Å²) in [6.07, 6.45) is 1.68. The van der Waals surface area contributed by atoms with E-state index in [-0.39, 0.29) is 18.0 Å². The molecule has 5 heteroatoms. The molecule has 0 spiro atoms. The Hall–Kier alpha value is -2.46. The van der Waals surface area contributed by atoms with E-state index in [1.165, 1.54) is 25.1 Å². The van der Waals surface area contributed by atoms with E-state index < -0.39 is 5.82 Å². The Morgan fingerprint density at radius 1 is 1.26 bits per heavy atom. The highest BCUT2D eigenvalue weighted by atomic mass is 35.5. The largest absolute Gasteiger partial charge is 0.488 e. The summed E-state index contributed by atoms with van der Waals surface area (Å²) in [7, 11) is 0. The predicted octanol–water partition coefficient (Wildman–Crippen LogP) is 4.81. The number of rotatable bonds is 4. The number of nitrogens with zero attached hydrogens (tertiary/aromatic N) is 1. The van der Waals surface area contributed by atoms with Crippen molar-refractivity contribution < 1.29 is 13.9 Å². The first kappa shape index (κ1) is 15.4. The van der Waals surface area contributed by atoms with E-state index >= 15 is 0 Å². The minimum Gasteiger partial charge on any atom is -0.488 e. The van der Waals surface area contributed by atoms with Crippen LogP contribution in [0.15, 0.2) is 48.7 Å². The third kappa shape index (κ3) is 3.17. The normalized spacial score (nSPS) is 10.7. The highest BCUT2D eigenvalue weighted by molar-refractivity contribution is 6.35. The molecule has 23 heavy (non-hydrogen) atoms. The molecule has 3 aromatic rings. The Morgan fingerprint density at radius 2 is 2.09 bits per heavy atom. The first-order chi connectivity index (χ1) is 11.1. The Balaban J connectivity index is 1.93. The molecule has 0 unspecified atom stereocenters. The number of carbonyl (C=O) groups excluding carboxylic acids is 1. The van der Waals surface area contributed by atoms with Gasteiger partial charge in [-0.1, -0.05) is 17.7 Å². The SMILES string of the molecule is CC(=O)c1cc(F)ccc1OCc1ccc(Cl)c2cccnc12. The number of pyridine rings is 1. The molecular formula is C18H13ClFNO2. The maximum Gasteiger partial charge on any atom is 0.163 e. The highest BCUT2D eigenvalue weighted by Gasteiger charge is 2.12. The van der Waals surface area contributed by atoms with Gasteiger partial charge in [-0.25, -0.2) is 4.39 Å². The van der Waals surface area contributed by atoms with Crippen LogP contribution in [0.25, 0.3) is 10.9 Å². The minimum absolute atomic E-state index is 0.205. The molecule has 0 radical (unpaired) electrons. The van der Waals surface area contributed by atoms with Crippen LogP contribution in [0.5, 0.6) is 5.75 Å². The summed E-state index contributed by atoms with van der Waals surface area (Å²) in [4.78, 5) is 15.9. The maximum atomic E-state index is 13.3. The second-order valence-corrected chi connectivity index (χ2v) is 5.50. The molecule has 0 fully saturated rings. The molecule has 0 aliphatic carbocycles. The van der Waals surface area contributed by atoms with Crippen LogP contribution < -0.4 is 4.74 Å². The van der Waals surface area contributed by atoms with Crippen LogP contribution in [-0.4, -0.2) is 10.8 Å². The number of ketones is 1. The van der Waals surface area contributed by atoms with Crippen LogP contribution in [0.2, 0.25) is 5.02 Å². The van der Waals surface area contributed by atoms with Gasteiger partial charge in [0.25, 0.3) is 0 Å². The molecule has 0 bridgehead atoms. The highest BCUT2D eigenvalue weighted by Crippen LogP contribution is 2.27. The lowest BCUT2D eigenvalue weighted by Gasteiger charge is -2.12. The Kier molecular flexibility index (Phi) is 4.26. The van der Waals surface area contributed by atoms with Crippen LogP contribution in [0.3, 0.4) is 0 Å². The summed E-state index contributed by atoms with van der Waals surface area (Å²) in [5.74, 6) is -0.377. The average Bonchev–Trinajstić information content (AvgIpc) is 2.55. The molecule has 1 heterocycles. The van der Waals surface area contributed by atoms with Crippen molar-refractivity contribution in [2.24, 2.45) is 0 Å². The number of hydrogen-bond donors (Lipinski definition) is 0. The molecule has 0 saturated heterocycles. The number of Topliss-reactive ketones (excluding diaryl/α,β-unsaturated/α-hetero) is 1. The molecule has 0 aliphatic heterocycles. The quantitative estimate of drug-likeness (QED) is 0.645. The van der Waals surface area contributed by atoms with Crippen molar-refractivity contribution in [3.05, 3.63) is 70.6 Å². The average molecular weight is 330 g/mol. The van der Waals surface area contributed by atoms with Gasteiger partial charge in [0.2, 0.25) is 0 Å². The molecule has 3 rings (SSSR count). The molecule has 0 amide bonds. The van der Waals surface area contributed by atoms with Gasteiger partial charge in [0.1, 0.15) is 18.2 Å². The monoisotopic (exact) mass is 329 g/mol. The lowest BCUT2D eigenvalue weighted by atomic mass is 10.1. The van der Waals surface area contributed by atoms with Crippen LogP contribution in [0, 0.1) is 5.82 Å². The zero-order valence-corrected chi connectivity index (χ0v) is 13.1. The van der Waals surface area contributed by atoms with Crippen molar-refractivity contribution in [3.63, 3.8) is 0 Å². The Bertz CT molecular complexity index is 895. The fourth-order valence-electron chi connectivity index (χ4n) is 2.37. The third-order valence-corrected chi connectivity index (χ3v) is 3.83. The molecule has 3 nitrogen and oxygen atoms in total. The zero-order valence-electron chi connectivity index (χ0n) is 12.3. The van der Waals surface area contributed by atoms with Crippen molar-refractivity contribution in [2.45, 2.75) is 13.5 Å². The van der Waals surface area contributed by atoms with Crippen molar-refractivity contribution in [1.29, 1.82) is 0 Å². The summed E-state index contributed by atoms with van der Waals surface area (Å²) in [6, 6.07) is 11.2. The number of fused-ring (bicyclic) bond motifs is 1. The third-order valence-electron chi connectivity index (χ3n) is 3.50. The molecule has 0 saturated carbocycles. The van der Waals surface area contributed by atoms with Gasteiger partial charge < -0.3 is 4.74 Å². The predicted molar refractivity (Wildman–Crippen MR) is 87.5 cm³/mol. The summed E-state index contributed by atoms with van der Waals surface area (Å²) in [5.41, 5.74) is 1.80. The van der Waals surface area contributed by atoms with Gasteiger partial charge >= 0.3 is 0 Å². The number of halogens is 2. The van der Waals surface area contributed by atoms with Gasteiger partial charge in [-0.15, -0.1) is 0 Å². The van der Waals surface area contributed by atoms with Crippen LogP contribution in [0.4, 0.5) is 4.39 Å². The second kappa shape index (κ2) is 6.34. The van der Waals surface area contributed by atoms with E-state index in [4.69, 9.17) is 16.3 Å². The number of hydrogen-bond acceptors (Lipinski definition) is 3. The van der Waals surface area contributed by atoms with Crippen molar-refractivity contribution in [1.82, 2.24) is 4.98 Å². The van der Waals surface area contributed by atoms with E-state index in [1.54, 1.807) is 12.3 Å². The minimum atomic E-state index is -0.471. The van der Waals surface area contributed by atoms with Gasteiger partial charge in [0, 0.05) is 22.2 Å². The number of aromatic nitrogens is 1. The van der Waals surface area contributed by atoms with Gasteiger partial charge in [0.15, 0.2) is 5.78 Å². The van der Waals surface area contributed by atoms with E-state index in [9.17, 15) is 9.18 Å². The van der Waals surface area contributed by atoms with Crippen LogP contribution in [0.1, 0.15) is 22.8 Å². The maximum absolute atomic E-state index is 13.3. The van der Waals surface area contributed by atoms with Gasteiger partial charge in [-0.2, -0.15) is 0 Å². The van der Waals surface area contributed by atoms with Gasteiger partial charge in [-0.05, 0) is 43.3 Å². The number of ether oxygens (including phenoxy) is 1. The lowest BCUT2D eigenvalue weighted by molar-refractivity contribution is 0.101. The fraction of sp³-hybridized carbons (Fsp3) is 0.111. The first-order valence-electron chi connectivity index (χ1n) is 7.01. The lowest BCUT2D eigenvalue weighted by Crippen LogP contribution is -2.03. The summed E-state index contributed by atoms with van der Waals surface area (Å²) >= 11 is 6.16. The van der Waals surface area contributed by atoms with E-state index in [0.717, 1.165) is 16.5 Å². The summed E-state index contributed by atoms with van der Waals surface area (Å²) < 4.78 is 19.0. The van der Waals surface area contributed by atoms with E-state index in [0.29, 0.717) is 10.8 Å². The number of carbonyl (C=O) groups is 1. The number of benzene rings is 2. The van der Waals surface area contributed by atoms with Gasteiger partial charge in [-0.3, -0.25) is 9.78 Å². The molecule has 0 atom stereocenters. The van der Waals surface area contributed by atoms with E-state index in [2.05, 4.69) is 4.98 Å². The Labute approximate surface area is 137 Å². The fourth-order valence-corrected chi connectivity index (χ4v) is 2.59. The molecule has 0 aliphatic rings. The Morgan fingerprint density at radius 3 is 2.87 bits per heavy atom.